The van der Waals surface area contributed by atoms with E-state index in [1.54, 1.807) is 0 Å². The first-order valence-electron chi connectivity index (χ1n) is 11.4. The third-order valence-electron chi connectivity index (χ3n) is 5.74. The number of hydrogen-bond donors (Lipinski definition) is 0. The number of carbonyl (C=O) groups is 1. The number of ether oxygens (including phenoxy) is 1. The number of hydrogen-bond acceptors (Lipinski definition) is 3. The highest BCUT2D eigenvalue weighted by Gasteiger charge is 2.51. The Kier molecular flexibility index (Phi) is 10.1. The zero-order valence-electron chi connectivity index (χ0n) is 19.6. The molecule has 2 rings (SSSR count). The molecule has 0 saturated carbocycles. The minimum absolute atomic E-state index is 0.0142. The van der Waals surface area contributed by atoms with E-state index in [0.29, 0.717) is 6.42 Å². The standard InChI is InChI=1S/C27H38O3Si/c1-27(2,3)31(24-18-12-10-13-19-24,25-20-14-11-15-21-25)30-23-17-9-7-5-6-8-16-22-26(28)29-4/h10-15,17-21,23H,5-9,16,22H2,1-4H3/b23-17-. The van der Waals surface area contributed by atoms with Crippen molar-refractivity contribution in [2.24, 2.45) is 0 Å². The Labute approximate surface area is 189 Å². The van der Waals surface area contributed by atoms with Gasteiger partial charge in [0, 0.05) is 6.42 Å². The van der Waals surface area contributed by atoms with E-state index in [4.69, 9.17) is 4.43 Å². The Morgan fingerprint density at radius 3 is 1.87 bits per heavy atom. The molecule has 3 nitrogen and oxygen atoms in total. The number of unbranched alkanes of at least 4 members (excludes halogenated alkanes) is 5. The van der Waals surface area contributed by atoms with Gasteiger partial charge in [0.15, 0.2) is 0 Å². The minimum Gasteiger partial charge on any atom is -0.540 e. The van der Waals surface area contributed by atoms with Crippen LogP contribution in [0.25, 0.3) is 0 Å². The van der Waals surface area contributed by atoms with Crippen LogP contribution in [0.15, 0.2) is 73.0 Å². The predicted molar refractivity (Wildman–Crippen MR) is 132 cm³/mol. The van der Waals surface area contributed by atoms with Crippen molar-refractivity contribution in [3.63, 3.8) is 0 Å². The van der Waals surface area contributed by atoms with E-state index in [2.05, 4.69) is 92.2 Å². The predicted octanol–water partition coefficient (Wildman–Crippen LogP) is 5.98. The lowest BCUT2D eigenvalue weighted by Crippen LogP contribution is -2.65. The fourth-order valence-electron chi connectivity index (χ4n) is 4.07. The second-order valence-electron chi connectivity index (χ2n) is 9.04. The summed E-state index contributed by atoms with van der Waals surface area (Å²) in [5, 5.41) is 2.58. The van der Waals surface area contributed by atoms with Gasteiger partial charge in [-0.1, -0.05) is 107 Å². The van der Waals surface area contributed by atoms with Crippen LogP contribution in [-0.2, 0) is 14.0 Å². The van der Waals surface area contributed by atoms with E-state index in [1.807, 2.05) is 6.26 Å². The molecule has 2 aromatic rings. The Balaban J connectivity index is 1.99. The zero-order chi connectivity index (χ0) is 22.6. The van der Waals surface area contributed by atoms with E-state index in [-0.39, 0.29) is 11.0 Å². The van der Waals surface area contributed by atoms with Gasteiger partial charge in [-0.15, -0.1) is 0 Å². The molecule has 0 saturated heterocycles. The van der Waals surface area contributed by atoms with E-state index < -0.39 is 8.32 Å². The van der Waals surface area contributed by atoms with Crippen molar-refractivity contribution in [1.29, 1.82) is 0 Å². The average Bonchev–Trinajstić information content (AvgIpc) is 2.77. The highest BCUT2D eigenvalue weighted by atomic mass is 28.4. The van der Waals surface area contributed by atoms with Crippen LogP contribution in [0.4, 0.5) is 0 Å². The molecule has 0 bridgehead atoms. The van der Waals surface area contributed by atoms with Crippen LogP contribution in [0.1, 0.15) is 65.7 Å². The van der Waals surface area contributed by atoms with Crippen LogP contribution in [0.2, 0.25) is 5.04 Å². The van der Waals surface area contributed by atoms with Crippen LogP contribution in [0.3, 0.4) is 0 Å². The van der Waals surface area contributed by atoms with E-state index in [0.717, 1.165) is 32.1 Å². The van der Waals surface area contributed by atoms with Gasteiger partial charge in [0.05, 0.1) is 13.4 Å². The van der Waals surface area contributed by atoms with Crippen LogP contribution < -0.4 is 10.4 Å². The average molecular weight is 439 g/mol. The molecule has 0 heterocycles. The van der Waals surface area contributed by atoms with Gasteiger partial charge < -0.3 is 9.16 Å². The van der Waals surface area contributed by atoms with E-state index in [1.165, 1.54) is 23.9 Å². The van der Waals surface area contributed by atoms with Gasteiger partial charge in [0.2, 0.25) is 0 Å². The van der Waals surface area contributed by atoms with Crippen molar-refractivity contribution in [1.82, 2.24) is 0 Å². The van der Waals surface area contributed by atoms with E-state index in [9.17, 15) is 4.79 Å². The Morgan fingerprint density at radius 2 is 1.35 bits per heavy atom. The fraction of sp³-hybridized carbons (Fsp3) is 0.444. The SMILES string of the molecule is COC(=O)CCCCCCC/C=C\O[Si](c1ccccc1)(c1ccccc1)C(C)(C)C. The van der Waals surface area contributed by atoms with Gasteiger partial charge in [0.25, 0.3) is 0 Å². The quantitative estimate of drug-likeness (QED) is 0.177. The number of rotatable bonds is 12. The third-order valence-corrected chi connectivity index (χ3v) is 10.6. The number of methoxy groups -OCH3 is 1. The highest BCUT2D eigenvalue weighted by Crippen LogP contribution is 2.36. The first-order chi connectivity index (χ1) is 14.9. The molecule has 0 aliphatic carbocycles. The molecule has 2 aromatic carbocycles. The second-order valence-corrected chi connectivity index (χ2v) is 13.3. The molecule has 0 N–H and O–H groups in total. The summed E-state index contributed by atoms with van der Waals surface area (Å²) in [5.74, 6) is -0.108. The van der Waals surface area contributed by atoms with E-state index >= 15 is 0 Å². The Morgan fingerprint density at radius 1 is 0.839 bits per heavy atom. The number of esters is 1. The maximum absolute atomic E-state index is 11.1. The summed E-state index contributed by atoms with van der Waals surface area (Å²) in [7, 11) is -1.03. The van der Waals surface area contributed by atoms with Crippen molar-refractivity contribution >= 4 is 24.7 Å². The molecule has 31 heavy (non-hydrogen) atoms. The molecule has 0 aliphatic heterocycles. The van der Waals surface area contributed by atoms with Crippen molar-refractivity contribution < 1.29 is 14.0 Å². The first-order valence-corrected chi connectivity index (χ1v) is 13.3. The van der Waals surface area contributed by atoms with Gasteiger partial charge in [0.1, 0.15) is 0 Å². The topological polar surface area (TPSA) is 35.5 Å². The molecular weight excluding hydrogens is 400 g/mol. The lowest BCUT2D eigenvalue weighted by atomic mass is 10.1. The summed E-state index contributed by atoms with van der Waals surface area (Å²) in [6.07, 6.45) is 11.1. The molecule has 0 spiro atoms. The third kappa shape index (κ3) is 7.10. The Bertz CT molecular complexity index is 755. The normalized spacial score (nSPS) is 12.1. The second kappa shape index (κ2) is 12.5. The molecule has 0 atom stereocenters. The monoisotopic (exact) mass is 438 g/mol. The summed E-state index contributed by atoms with van der Waals surface area (Å²) >= 11 is 0. The van der Waals surface area contributed by atoms with Crippen LogP contribution in [0.5, 0.6) is 0 Å². The van der Waals surface area contributed by atoms with Gasteiger partial charge >= 0.3 is 14.3 Å². The van der Waals surface area contributed by atoms with Crippen molar-refractivity contribution in [3.8, 4) is 0 Å². The minimum atomic E-state index is -2.48. The van der Waals surface area contributed by atoms with Gasteiger partial charge in [-0.05, 0) is 34.7 Å². The molecule has 0 radical (unpaired) electrons. The molecule has 168 valence electrons. The largest absolute Gasteiger partial charge is 0.540 e. The smallest absolute Gasteiger partial charge is 0.319 e. The zero-order valence-corrected chi connectivity index (χ0v) is 20.6. The summed E-state index contributed by atoms with van der Waals surface area (Å²) in [5.41, 5.74) is 0. The fourth-order valence-corrected chi connectivity index (χ4v) is 8.39. The summed E-state index contributed by atoms with van der Waals surface area (Å²) in [6, 6.07) is 21.4. The van der Waals surface area contributed by atoms with Gasteiger partial charge in [-0.3, -0.25) is 4.79 Å². The summed E-state index contributed by atoms with van der Waals surface area (Å²) in [4.78, 5) is 11.1. The Hall–Kier alpha value is -2.33. The molecule has 0 amide bonds. The maximum Gasteiger partial charge on any atom is 0.319 e. The lowest BCUT2D eigenvalue weighted by molar-refractivity contribution is -0.140. The molecule has 0 unspecified atom stereocenters. The van der Waals surface area contributed by atoms with Crippen molar-refractivity contribution in [2.45, 2.75) is 70.8 Å². The van der Waals surface area contributed by atoms with Gasteiger partial charge in [-0.25, -0.2) is 0 Å². The van der Waals surface area contributed by atoms with Crippen LogP contribution in [-0.4, -0.2) is 21.4 Å². The molecule has 0 fully saturated rings. The van der Waals surface area contributed by atoms with Crippen molar-refractivity contribution in [3.05, 3.63) is 73.0 Å². The summed E-state index contributed by atoms with van der Waals surface area (Å²) in [6.45, 7) is 6.88. The lowest BCUT2D eigenvalue weighted by Gasteiger charge is -2.41. The van der Waals surface area contributed by atoms with Crippen LogP contribution >= 0.6 is 0 Å². The number of benzene rings is 2. The summed E-state index contributed by atoms with van der Waals surface area (Å²) < 4.78 is 11.4. The number of carbonyl (C=O) groups excluding carboxylic acids is 1. The number of allylic oxidation sites excluding steroid dienone is 1. The molecule has 0 aromatic heterocycles. The highest BCUT2D eigenvalue weighted by molar-refractivity contribution is 6.99. The molecular formula is C27H38O3Si. The van der Waals surface area contributed by atoms with Gasteiger partial charge in [-0.2, -0.15) is 0 Å². The first kappa shape index (κ1) is 24.9. The maximum atomic E-state index is 11.1. The molecule has 4 heteroatoms. The van der Waals surface area contributed by atoms with Crippen molar-refractivity contribution in [2.75, 3.05) is 7.11 Å². The molecule has 0 aliphatic rings. The van der Waals surface area contributed by atoms with Crippen LogP contribution in [0, 0.1) is 0 Å².